The Morgan fingerprint density at radius 1 is 0.455 bits per heavy atom. The Morgan fingerprint density at radius 3 is 2.11 bits per heavy atom. The Balaban J connectivity index is 1.29. The minimum Gasteiger partial charge on any atom is -0.455 e. The highest BCUT2D eigenvalue weighted by atomic mass is 16.3. The first kappa shape index (κ1) is 23.6. The van der Waals surface area contributed by atoms with Crippen LogP contribution in [0.2, 0.25) is 0 Å². The van der Waals surface area contributed by atoms with Crippen LogP contribution in [0.25, 0.3) is 93.4 Å². The second kappa shape index (κ2) is 8.79. The molecular weight excluding hydrogens is 536 g/mol. The van der Waals surface area contributed by atoms with Crippen LogP contribution in [0.15, 0.2) is 150 Å². The van der Waals surface area contributed by atoms with Gasteiger partial charge in [0.15, 0.2) is 0 Å². The molecule has 0 atom stereocenters. The first-order valence-corrected chi connectivity index (χ1v) is 15.0. The Morgan fingerprint density at radius 2 is 1.20 bits per heavy atom. The molecule has 0 saturated heterocycles. The molecule has 0 radical (unpaired) electrons. The van der Waals surface area contributed by atoms with Crippen LogP contribution in [0, 0.1) is 0 Å². The number of rotatable bonds is 3. The zero-order valence-corrected chi connectivity index (χ0v) is 23.7. The lowest BCUT2D eigenvalue weighted by molar-refractivity contribution is 0.670. The third-order valence-electron chi connectivity index (χ3n) is 9.22. The Bertz CT molecular complexity index is 2710. The summed E-state index contributed by atoms with van der Waals surface area (Å²) in [4.78, 5) is 5.18. The number of nitrogens with zero attached hydrogens (tertiary/aromatic N) is 2. The van der Waals surface area contributed by atoms with Gasteiger partial charge in [-0.3, -0.25) is 4.57 Å². The van der Waals surface area contributed by atoms with Crippen molar-refractivity contribution in [3.8, 4) is 28.1 Å². The Labute approximate surface area is 252 Å². The van der Waals surface area contributed by atoms with Gasteiger partial charge < -0.3 is 4.42 Å². The maximum Gasteiger partial charge on any atom is 0.145 e. The smallest absolute Gasteiger partial charge is 0.145 e. The van der Waals surface area contributed by atoms with E-state index in [1.165, 1.54) is 38.1 Å². The highest BCUT2D eigenvalue weighted by Gasteiger charge is 2.22. The molecule has 0 aliphatic carbocycles. The lowest BCUT2D eigenvalue weighted by Crippen LogP contribution is -1.99. The second-order valence-corrected chi connectivity index (χ2v) is 11.5. The summed E-state index contributed by atoms with van der Waals surface area (Å²) in [5.74, 6) is 0.942. The van der Waals surface area contributed by atoms with Gasteiger partial charge in [0.1, 0.15) is 17.0 Å². The monoisotopic (exact) mass is 560 g/mol. The topological polar surface area (TPSA) is 31.0 Å². The van der Waals surface area contributed by atoms with Crippen LogP contribution < -0.4 is 0 Å². The second-order valence-electron chi connectivity index (χ2n) is 11.5. The van der Waals surface area contributed by atoms with Crippen LogP contribution in [0.1, 0.15) is 0 Å². The van der Waals surface area contributed by atoms with Gasteiger partial charge in [-0.1, -0.05) is 121 Å². The summed E-state index contributed by atoms with van der Waals surface area (Å²) in [5, 5.41) is 9.55. The molecule has 0 bridgehead atoms. The van der Waals surface area contributed by atoms with Crippen molar-refractivity contribution < 1.29 is 4.42 Å². The van der Waals surface area contributed by atoms with Gasteiger partial charge in [-0.25, -0.2) is 4.98 Å². The van der Waals surface area contributed by atoms with Crippen LogP contribution in [-0.2, 0) is 0 Å². The molecule has 0 amide bonds. The standard InChI is InChI=1S/C41H24N2O/c1-2-10-25(11-3-1)34-24-42-41(33-15-5-4-13-27(33)34)43-35-18-8-12-26-20-21-30-28(22-23-36(43)39(30)38(26)35)31-16-9-17-32-29-14-6-7-19-37(29)44-40(31)32/h1-24H. The van der Waals surface area contributed by atoms with Crippen molar-refractivity contribution in [1.82, 2.24) is 9.55 Å². The van der Waals surface area contributed by atoms with E-state index in [0.29, 0.717) is 0 Å². The molecule has 3 nitrogen and oxygen atoms in total. The minimum absolute atomic E-state index is 0.913. The summed E-state index contributed by atoms with van der Waals surface area (Å²) in [5.41, 5.74) is 8.73. The van der Waals surface area contributed by atoms with Gasteiger partial charge in [0.25, 0.3) is 0 Å². The summed E-state index contributed by atoms with van der Waals surface area (Å²) >= 11 is 0. The lowest BCUT2D eigenvalue weighted by atomic mass is 9.94. The molecule has 3 aromatic heterocycles. The van der Waals surface area contributed by atoms with E-state index in [1.54, 1.807) is 0 Å². The fourth-order valence-electron chi connectivity index (χ4n) is 7.31. The molecule has 0 unspecified atom stereocenters. The van der Waals surface area contributed by atoms with E-state index in [4.69, 9.17) is 9.40 Å². The highest BCUT2D eigenvalue weighted by Crippen LogP contribution is 2.45. The maximum absolute atomic E-state index is 6.48. The van der Waals surface area contributed by atoms with Crippen molar-refractivity contribution in [3.63, 3.8) is 0 Å². The molecule has 0 aliphatic heterocycles. The predicted octanol–water partition coefficient (Wildman–Crippen LogP) is 11.2. The molecule has 0 N–H and O–H groups in total. The highest BCUT2D eigenvalue weighted by molar-refractivity contribution is 6.27. The normalized spacial score (nSPS) is 12.1. The number of hydrogen-bond acceptors (Lipinski definition) is 2. The van der Waals surface area contributed by atoms with Gasteiger partial charge in [-0.15, -0.1) is 0 Å². The van der Waals surface area contributed by atoms with Crippen molar-refractivity contribution in [2.45, 2.75) is 0 Å². The molecule has 204 valence electrons. The van der Waals surface area contributed by atoms with E-state index in [-0.39, 0.29) is 0 Å². The predicted molar refractivity (Wildman–Crippen MR) is 183 cm³/mol. The van der Waals surface area contributed by atoms with E-state index in [9.17, 15) is 0 Å². The van der Waals surface area contributed by atoms with Gasteiger partial charge in [0, 0.05) is 44.3 Å². The molecule has 7 aromatic carbocycles. The SMILES string of the molecule is c1ccc(-c2cnc(-n3c4cccc5ccc6c(-c7cccc8c7oc7ccccc78)ccc3c6c54)c3ccccc23)cc1. The third-order valence-corrected chi connectivity index (χ3v) is 9.22. The average molecular weight is 561 g/mol. The Hall–Kier alpha value is -5.93. The number of furan rings is 1. The number of pyridine rings is 1. The number of benzene rings is 7. The van der Waals surface area contributed by atoms with Crippen LogP contribution >= 0.6 is 0 Å². The van der Waals surface area contributed by atoms with E-state index < -0.39 is 0 Å². The molecule has 0 spiro atoms. The van der Waals surface area contributed by atoms with E-state index in [0.717, 1.165) is 55.3 Å². The van der Waals surface area contributed by atoms with Crippen LogP contribution in [0.5, 0.6) is 0 Å². The summed E-state index contributed by atoms with van der Waals surface area (Å²) in [6.07, 6.45) is 2.03. The number of aromatic nitrogens is 2. The van der Waals surface area contributed by atoms with Gasteiger partial charge in [-0.05, 0) is 45.5 Å². The zero-order valence-electron chi connectivity index (χ0n) is 23.7. The van der Waals surface area contributed by atoms with Gasteiger partial charge in [0.2, 0.25) is 0 Å². The molecule has 3 heterocycles. The van der Waals surface area contributed by atoms with Crippen LogP contribution in [0.4, 0.5) is 0 Å². The van der Waals surface area contributed by atoms with Crippen molar-refractivity contribution >= 4 is 65.3 Å². The summed E-state index contributed by atoms with van der Waals surface area (Å²) in [7, 11) is 0. The van der Waals surface area contributed by atoms with Crippen LogP contribution in [0.3, 0.4) is 0 Å². The quantitative estimate of drug-likeness (QED) is 0.201. The molecule has 44 heavy (non-hydrogen) atoms. The largest absolute Gasteiger partial charge is 0.455 e. The van der Waals surface area contributed by atoms with Crippen molar-refractivity contribution in [2.75, 3.05) is 0 Å². The van der Waals surface area contributed by atoms with E-state index in [2.05, 4.69) is 132 Å². The lowest BCUT2D eigenvalue weighted by Gasteiger charge is -2.14. The fourth-order valence-corrected chi connectivity index (χ4v) is 7.31. The zero-order chi connectivity index (χ0) is 28.8. The van der Waals surface area contributed by atoms with Gasteiger partial charge >= 0.3 is 0 Å². The van der Waals surface area contributed by atoms with Crippen molar-refractivity contribution in [3.05, 3.63) is 146 Å². The third kappa shape index (κ3) is 3.13. The Kier molecular flexibility index (Phi) is 4.72. The number of hydrogen-bond donors (Lipinski definition) is 0. The maximum atomic E-state index is 6.48. The fraction of sp³-hybridized carbons (Fsp3) is 0. The number of para-hydroxylation sites is 2. The van der Waals surface area contributed by atoms with Crippen LogP contribution in [-0.4, -0.2) is 9.55 Å². The molecule has 0 saturated carbocycles. The van der Waals surface area contributed by atoms with Gasteiger partial charge in [0.05, 0.1) is 11.0 Å². The average Bonchev–Trinajstić information content (AvgIpc) is 3.64. The van der Waals surface area contributed by atoms with E-state index in [1.807, 2.05) is 18.3 Å². The number of fused-ring (bicyclic) bond motifs is 4. The van der Waals surface area contributed by atoms with E-state index >= 15 is 0 Å². The molecule has 0 fully saturated rings. The van der Waals surface area contributed by atoms with Crippen molar-refractivity contribution in [1.29, 1.82) is 0 Å². The molecule has 0 aliphatic rings. The molecular formula is C41H24N2O. The van der Waals surface area contributed by atoms with Crippen molar-refractivity contribution in [2.24, 2.45) is 0 Å². The first-order valence-electron chi connectivity index (χ1n) is 15.0. The molecule has 10 aromatic rings. The summed E-state index contributed by atoms with van der Waals surface area (Å²) in [6, 6.07) is 49.6. The summed E-state index contributed by atoms with van der Waals surface area (Å²) in [6.45, 7) is 0. The summed E-state index contributed by atoms with van der Waals surface area (Å²) < 4.78 is 8.84. The van der Waals surface area contributed by atoms with Gasteiger partial charge in [-0.2, -0.15) is 0 Å². The molecule has 10 rings (SSSR count). The molecule has 3 heteroatoms. The first-order chi connectivity index (χ1) is 21.8. The minimum atomic E-state index is 0.913.